The molecule has 1 aromatic heterocycles. The van der Waals surface area contributed by atoms with Crippen molar-refractivity contribution < 1.29 is 55.1 Å². The molecule has 1 saturated heterocycles. The summed E-state index contributed by atoms with van der Waals surface area (Å²) in [7, 11) is -13.3. The third kappa shape index (κ3) is 5.57. The molecule has 4 atom stereocenters. The topological polar surface area (TPSA) is 200 Å². The standard InChI is InChI=1S/C9H12BF3N3O10P3S/c10-29(23,26-28(21,22)9(12,13)27(18,19)20)24-2-6-25-5(3-30-6)16-1-4(11)7(14)15-8(16)17/h1,5-6H,2-3H2,(H,21,22)(H2,14,15,17)(H2,18,19,20)/t5-,6+,29?/m1/s1. The number of aromatic nitrogens is 2. The number of ether oxygens (including phenoxy) is 1. The Kier molecular flexibility index (Phi) is 7.42. The molecule has 2 heterocycles. The number of rotatable bonds is 8. The molecule has 1 aliphatic rings. The van der Waals surface area contributed by atoms with E-state index < -0.39 is 63.7 Å². The molecule has 0 aliphatic carbocycles. The Morgan fingerprint density at radius 3 is 2.57 bits per heavy atom. The first kappa shape index (κ1) is 25.6. The van der Waals surface area contributed by atoms with Crippen LogP contribution in [0.25, 0.3) is 0 Å². The lowest BCUT2D eigenvalue weighted by atomic mass is 10.5. The Hall–Kier alpha value is -0.665. The van der Waals surface area contributed by atoms with Crippen molar-refractivity contribution in [3.8, 4) is 0 Å². The quantitative estimate of drug-likeness (QED) is 0.280. The van der Waals surface area contributed by atoms with Crippen LogP contribution in [0.5, 0.6) is 0 Å². The summed E-state index contributed by atoms with van der Waals surface area (Å²) in [4.78, 5) is 41.0. The van der Waals surface area contributed by atoms with Crippen LogP contribution in [0, 0.1) is 5.82 Å². The molecule has 1 aliphatic heterocycles. The highest BCUT2D eigenvalue weighted by Gasteiger charge is 2.66. The Morgan fingerprint density at radius 1 is 1.40 bits per heavy atom. The summed E-state index contributed by atoms with van der Waals surface area (Å²) in [6.07, 6.45) is -0.359. The Bertz CT molecular complexity index is 1020. The van der Waals surface area contributed by atoms with E-state index in [1.165, 1.54) is 0 Å². The number of nitrogen functional groups attached to an aromatic ring is 1. The van der Waals surface area contributed by atoms with Gasteiger partial charge in [0.25, 0.3) is 7.47 Å². The fourth-order valence-electron chi connectivity index (χ4n) is 1.90. The van der Waals surface area contributed by atoms with Crippen LogP contribution in [0.2, 0.25) is 0 Å². The van der Waals surface area contributed by atoms with Crippen LogP contribution in [0.3, 0.4) is 0 Å². The zero-order valence-corrected chi connectivity index (χ0v) is 17.8. The Balaban J connectivity index is 2.02. The lowest BCUT2D eigenvalue weighted by molar-refractivity contribution is -0.00337. The van der Waals surface area contributed by atoms with Crippen molar-refractivity contribution in [3.63, 3.8) is 0 Å². The molecule has 0 spiro atoms. The van der Waals surface area contributed by atoms with Gasteiger partial charge in [-0.1, -0.05) is 0 Å². The molecule has 0 bridgehead atoms. The predicted octanol–water partition coefficient (Wildman–Crippen LogP) is 0.776. The minimum Gasteiger partial charge on any atom is -0.381 e. The van der Waals surface area contributed by atoms with Gasteiger partial charge in [-0.05, 0) is 0 Å². The second kappa shape index (κ2) is 8.70. The molecular weight excluding hydrogens is 503 g/mol. The molecule has 0 aromatic carbocycles. The lowest BCUT2D eigenvalue weighted by Gasteiger charge is -2.25. The third-order valence-electron chi connectivity index (χ3n) is 3.28. The van der Waals surface area contributed by atoms with Crippen molar-refractivity contribution in [2.75, 3.05) is 18.1 Å². The van der Waals surface area contributed by atoms with E-state index in [0.29, 0.717) is 0 Å². The van der Waals surface area contributed by atoms with Crippen molar-refractivity contribution in [3.05, 3.63) is 22.5 Å². The fourth-order valence-corrected chi connectivity index (χ4v) is 6.79. The average molecular weight is 515 g/mol. The fraction of sp³-hybridized carbons (Fsp3) is 0.556. The van der Waals surface area contributed by atoms with E-state index in [0.717, 1.165) is 22.5 Å². The first-order valence-corrected chi connectivity index (χ1v) is 13.1. The van der Waals surface area contributed by atoms with Gasteiger partial charge in [-0.3, -0.25) is 18.3 Å². The molecule has 30 heavy (non-hydrogen) atoms. The van der Waals surface area contributed by atoms with Crippen LogP contribution >= 0.6 is 34.4 Å². The van der Waals surface area contributed by atoms with Gasteiger partial charge in [0.15, 0.2) is 11.6 Å². The smallest absolute Gasteiger partial charge is 0.381 e. The number of nitrogens with zero attached hydrogens (tertiary/aromatic N) is 2. The summed E-state index contributed by atoms with van der Waals surface area (Å²) in [5, 5.41) is -5.60. The molecule has 0 saturated carbocycles. The number of thioether (sulfide) groups is 1. The second-order valence-corrected chi connectivity index (χ2v) is 12.3. The number of halogens is 3. The monoisotopic (exact) mass is 515 g/mol. The molecule has 2 radical (unpaired) electrons. The summed E-state index contributed by atoms with van der Waals surface area (Å²) in [5.74, 6) is -1.63. The number of hydrogen-bond acceptors (Lipinski definition) is 10. The van der Waals surface area contributed by atoms with Crippen molar-refractivity contribution in [2.24, 2.45) is 0 Å². The van der Waals surface area contributed by atoms with Crippen LogP contribution in [0.15, 0.2) is 11.0 Å². The van der Waals surface area contributed by atoms with E-state index in [4.69, 9.17) is 32.7 Å². The van der Waals surface area contributed by atoms with E-state index in [1.54, 1.807) is 0 Å². The molecule has 21 heteroatoms. The molecule has 168 valence electrons. The van der Waals surface area contributed by atoms with Crippen molar-refractivity contribution in [1.29, 1.82) is 0 Å². The Morgan fingerprint density at radius 2 is 2.00 bits per heavy atom. The summed E-state index contributed by atoms with van der Waals surface area (Å²) in [6.45, 7) is -0.796. The van der Waals surface area contributed by atoms with Crippen molar-refractivity contribution >= 4 is 47.8 Å². The highest BCUT2D eigenvalue weighted by molar-refractivity contribution is 8.00. The minimum atomic E-state index is -6.54. The van der Waals surface area contributed by atoms with Gasteiger partial charge in [0.2, 0.25) is 7.57 Å². The second-order valence-electron chi connectivity index (χ2n) is 5.51. The van der Waals surface area contributed by atoms with E-state index in [1.807, 2.05) is 0 Å². The SMILES string of the molecule is [B]P(=O)(OC[C@H]1O[C@@H](n2cc(F)c(N)nc2=O)CS1)OP(=O)(O)C(F)(F)P(=O)(O)O. The molecule has 1 aromatic rings. The van der Waals surface area contributed by atoms with E-state index in [-0.39, 0.29) is 5.75 Å². The van der Waals surface area contributed by atoms with Crippen molar-refractivity contribution in [2.45, 2.75) is 17.1 Å². The summed E-state index contributed by atoms with van der Waals surface area (Å²) in [5.41, 5.74) is 3.12. The van der Waals surface area contributed by atoms with Gasteiger partial charge in [-0.15, -0.1) is 11.8 Å². The number of nitrogens with two attached hydrogens (primary N) is 1. The van der Waals surface area contributed by atoms with Gasteiger partial charge in [0, 0.05) is 5.75 Å². The van der Waals surface area contributed by atoms with Crippen LogP contribution in [-0.4, -0.2) is 55.0 Å². The van der Waals surface area contributed by atoms with Crippen LogP contribution in [0.4, 0.5) is 19.0 Å². The zero-order valence-electron chi connectivity index (χ0n) is 14.3. The van der Waals surface area contributed by atoms with E-state index in [9.17, 15) is 31.7 Å². The van der Waals surface area contributed by atoms with Crippen LogP contribution < -0.4 is 11.4 Å². The average Bonchev–Trinajstić information content (AvgIpc) is 3.03. The first-order chi connectivity index (χ1) is 13.5. The highest BCUT2D eigenvalue weighted by atomic mass is 32.2. The normalized spacial score (nSPS) is 24.3. The summed E-state index contributed by atoms with van der Waals surface area (Å²) >= 11 is 0.908. The maximum Gasteiger partial charge on any atom is 0.444 e. The van der Waals surface area contributed by atoms with Crippen LogP contribution in [0.1, 0.15) is 6.23 Å². The maximum absolute atomic E-state index is 13.5. The molecular formula is C9H12BF3N3O10P3S. The molecule has 13 nitrogen and oxygen atoms in total. The molecule has 5 N–H and O–H groups in total. The Labute approximate surface area is 170 Å². The molecule has 2 unspecified atom stereocenters. The lowest BCUT2D eigenvalue weighted by Crippen LogP contribution is -2.30. The zero-order chi connectivity index (χ0) is 23.1. The third-order valence-corrected chi connectivity index (χ3v) is 9.61. The van der Waals surface area contributed by atoms with Gasteiger partial charge in [0.1, 0.15) is 11.7 Å². The largest absolute Gasteiger partial charge is 0.444 e. The number of hydrogen-bond donors (Lipinski definition) is 4. The molecule has 2 rings (SSSR count). The number of alkyl halides is 2. The van der Waals surface area contributed by atoms with Gasteiger partial charge >= 0.3 is 26.3 Å². The first-order valence-electron chi connectivity index (χ1n) is 7.29. The summed E-state index contributed by atoms with van der Waals surface area (Å²) in [6, 6.07) is 0. The minimum absolute atomic E-state index is 0.0173. The molecule has 0 amide bonds. The van der Waals surface area contributed by atoms with Crippen molar-refractivity contribution in [1.82, 2.24) is 9.55 Å². The summed E-state index contributed by atoms with van der Waals surface area (Å²) < 4.78 is 88.4. The van der Waals surface area contributed by atoms with Gasteiger partial charge in [-0.2, -0.15) is 13.8 Å². The van der Waals surface area contributed by atoms with Gasteiger partial charge in [0.05, 0.1) is 12.8 Å². The van der Waals surface area contributed by atoms with E-state index in [2.05, 4.69) is 13.8 Å². The van der Waals surface area contributed by atoms with E-state index >= 15 is 0 Å². The molecule has 1 fully saturated rings. The predicted molar refractivity (Wildman–Crippen MR) is 96.4 cm³/mol. The maximum atomic E-state index is 13.5. The van der Waals surface area contributed by atoms with Crippen LogP contribution in [-0.2, 0) is 27.3 Å². The van der Waals surface area contributed by atoms with Gasteiger partial charge < -0.3 is 29.7 Å². The number of anilines is 1. The highest BCUT2D eigenvalue weighted by Crippen LogP contribution is 2.77. The van der Waals surface area contributed by atoms with Gasteiger partial charge in [-0.25, -0.2) is 13.5 Å².